The van der Waals surface area contributed by atoms with E-state index < -0.39 is 0 Å². The molecule has 0 radical (unpaired) electrons. The zero-order valence-electron chi connectivity index (χ0n) is 14.1. The van der Waals surface area contributed by atoms with Gasteiger partial charge in [-0.1, -0.05) is 12.2 Å². The molecule has 126 valence electrons. The van der Waals surface area contributed by atoms with Crippen molar-refractivity contribution in [2.75, 3.05) is 26.2 Å². The van der Waals surface area contributed by atoms with Gasteiger partial charge in [0.1, 0.15) is 0 Å². The average molecular weight is 316 g/mol. The van der Waals surface area contributed by atoms with Crippen LogP contribution in [0.4, 0.5) is 0 Å². The number of aryl methyl sites for hydroxylation is 1. The molecule has 1 aromatic rings. The van der Waals surface area contributed by atoms with E-state index in [2.05, 4.69) is 22.4 Å². The Morgan fingerprint density at radius 2 is 2.09 bits per heavy atom. The third-order valence-corrected chi connectivity index (χ3v) is 5.22. The van der Waals surface area contributed by atoms with Crippen LogP contribution in [0.25, 0.3) is 0 Å². The van der Waals surface area contributed by atoms with E-state index in [1.54, 1.807) is 6.26 Å². The molecule has 0 bridgehead atoms. The molecule has 0 aromatic carbocycles. The Morgan fingerprint density at radius 1 is 1.26 bits per heavy atom. The van der Waals surface area contributed by atoms with Gasteiger partial charge < -0.3 is 14.6 Å². The van der Waals surface area contributed by atoms with E-state index in [0.29, 0.717) is 11.7 Å². The molecule has 1 N–H and O–H groups in total. The number of allylic oxidation sites excluding steroid dienone is 2. The fraction of sp³-hybridized carbons (Fsp3) is 0.632. The first kappa shape index (κ1) is 16.3. The van der Waals surface area contributed by atoms with Gasteiger partial charge in [-0.15, -0.1) is 0 Å². The second-order valence-corrected chi connectivity index (χ2v) is 7.04. The van der Waals surface area contributed by atoms with Crippen LogP contribution in [0.5, 0.6) is 0 Å². The maximum absolute atomic E-state index is 12.1. The summed E-state index contributed by atoms with van der Waals surface area (Å²) in [5.74, 6) is 1.81. The van der Waals surface area contributed by atoms with Gasteiger partial charge in [0.15, 0.2) is 5.76 Å². The van der Waals surface area contributed by atoms with Crippen molar-refractivity contribution in [3.8, 4) is 0 Å². The van der Waals surface area contributed by atoms with Gasteiger partial charge >= 0.3 is 0 Å². The van der Waals surface area contributed by atoms with Crippen LogP contribution in [0.2, 0.25) is 0 Å². The Labute approximate surface area is 138 Å². The molecule has 23 heavy (non-hydrogen) atoms. The SMILES string of the molecule is Cc1ccoc1C(=O)NCC1CCN(CC2CC=CCC2)CC1. The topological polar surface area (TPSA) is 45.5 Å². The van der Waals surface area contributed by atoms with Crippen LogP contribution >= 0.6 is 0 Å². The standard InChI is InChI=1S/C19H28N2O2/c1-15-9-12-23-18(15)19(22)20-13-16-7-10-21(11-8-16)14-17-5-3-2-4-6-17/h2-3,9,12,16-17H,4-8,10-11,13-14H2,1H3,(H,20,22). The molecule has 0 saturated carbocycles. The Hall–Kier alpha value is -1.55. The van der Waals surface area contributed by atoms with Gasteiger partial charge in [0.25, 0.3) is 5.91 Å². The molecule has 1 atom stereocenters. The fourth-order valence-corrected chi connectivity index (χ4v) is 3.68. The molecule has 1 amide bonds. The van der Waals surface area contributed by atoms with Crippen molar-refractivity contribution in [2.45, 2.75) is 39.0 Å². The van der Waals surface area contributed by atoms with Crippen molar-refractivity contribution in [1.29, 1.82) is 0 Å². The highest BCUT2D eigenvalue weighted by molar-refractivity contribution is 5.92. The lowest BCUT2D eigenvalue weighted by molar-refractivity contribution is 0.0904. The quantitative estimate of drug-likeness (QED) is 0.847. The number of hydrogen-bond donors (Lipinski definition) is 1. The van der Waals surface area contributed by atoms with Gasteiger partial charge in [-0.05, 0) is 70.0 Å². The van der Waals surface area contributed by atoms with Crippen molar-refractivity contribution in [3.63, 3.8) is 0 Å². The summed E-state index contributed by atoms with van der Waals surface area (Å²) >= 11 is 0. The van der Waals surface area contributed by atoms with Gasteiger partial charge in [0.2, 0.25) is 0 Å². The average Bonchev–Trinajstić information content (AvgIpc) is 3.01. The van der Waals surface area contributed by atoms with Crippen LogP contribution in [0.3, 0.4) is 0 Å². The second-order valence-electron chi connectivity index (χ2n) is 7.04. The number of nitrogens with zero attached hydrogens (tertiary/aromatic N) is 1. The molecule has 4 heteroatoms. The van der Waals surface area contributed by atoms with Crippen LogP contribution in [0.15, 0.2) is 28.9 Å². The Morgan fingerprint density at radius 3 is 2.74 bits per heavy atom. The number of hydrogen-bond acceptors (Lipinski definition) is 3. The first-order valence-electron chi connectivity index (χ1n) is 8.92. The number of carbonyl (C=O) groups is 1. The Balaban J connectivity index is 1.37. The van der Waals surface area contributed by atoms with E-state index in [0.717, 1.165) is 18.0 Å². The van der Waals surface area contributed by atoms with E-state index in [-0.39, 0.29) is 5.91 Å². The fourth-order valence-electron chi connectivity index (χ4n) is 3.68. The number of furan rings is 1. The summed E-state index contributed by atoms with van der Waals surface area (Å²) in [6.07, 6.45) is 12.4. The zero-order chi connectivity index (χ0) is 16.1. The summed E-state index contributed by atoms with van der Waals surface area (Å²) in [7, 11) is 0. The maximum Gasteiger partial charge on any atom is 0.287 e. The van der Waals surface area contributed by atoms with E-state index in [4.69, 9.17) is 4.42 Å². The molecule has 2 heterocycles. The minimum absolute atomic E-state index is 0.0797. The molecule has 1 aliphatic carbocycles. The predicted octanol–water partition coefficient (Wildman–Crippen LogP) is 3.39. The van der Waals surface area contributed by atoms with E-state index in [9.17, 15) is 4.79 Å². The van der Waals surface area contributed by atoms with Crippen molar-refractivity contribution in [3.05, 3.63) is 35.8 Å². The van der Waals surface area contributed by atoms with E-state index in [1.165, 1.54) is 51.7 Å². The highest BCUT2D eigenvalue weighted by Gasteiger charge is 2.23. The summed E-state index contributed by atoms with van der Waals surface area (Å²) in [5, 5.41) is 3.03. The highest BCUT2D eigenvalue weighted by Crippen LogP contribution is 2.23. The normalized spacial score (nSPS) is 23.1. The lowest BCUT2D eigenvalue weighted by Crippen LogP contribution is -2.40. The van der Waals surface area contributed by atoms with Crippen molar-refractivity contribution >= 4 is 5.91 Å². The lowest BCUT2D eigenvalue weighted by atomic mass is 9.91. The number of piperidine rings is 1. The number of amides is 1. The van der Waals surface area contributed by atoms with Gasteiger partial charge in [-0.25, -0.2) is 0 Å². The number of rotatable bonds is 5. The third-order valence-electron chi connectivity index (χ3n) is 5.22. The molecular formula is C19H28N2O2. The minimum atomic E-state index is -0.0797. The van der Waals surface area contributed by atoms with Crippen molar-refractivity contribution < 1.29 is 9.21 Å². The zero-order valence-corrected chi connectivity index (χ0v) is 14.1. The first-order valence-corrected chi connectivity index (χ1v) is 8.92. The van der Waals surface area contributed by atoms with E-state index in [1.807, 2.05) is 13.0 Å². The molecule has 4 nitrogen and oxygen atoms in total. The van der Waals surface area contributed by atoms with Crippen LogP contribution in [-0.4, -0.2) is 37.0 Å². The number of nitrogens with one attached hydrogen (secondary N) is 1. The smallest absolute Gasteiger partial charge is 0.287 e. The van der Waals surface area contributed by atoms with Gasteiger partial charge in [-0.2, -0.15) is 0 Å². The molecule has 1 fully saturated rings. The summed E-state index contributed by atoms with van der Waals surface area (Å²) in [5.41, 5.74) is 0.902. The summed E-state index contributed by atoms with van der Waals surface area (Å²) < 4.78 is 5.24. The van der Waals surface area contributed by atoms with Crippen molar-refractivity contribution in [2.24, 2.45) is 11.8 Å². The summed E-state index contributed by atoms with van der Waals surface area (Å²) in [6, 6.07) is 1.83. The first-order chi connectivity index (χ1) is 11.2. The van der Waals surface area contributed by atoms with E-state index >= 15 is 0 Å². The molecule has 3 rings (SSSR count). The molecule has 1 saturated heterocycles. The number of likely N-dealkylation sites (tertiary alicyclic amines) is 1. The highest BCUT2D eigenvalue weighted by atomic mass is 16.3. The third kappa shape index (κ3) is 4.47. The minimum Gasteiger partial charge on any atom is -0.459 e. The van der Waals surface area contributed by atoms with Crippen LogP contribution < -0.4 is 5.32 Å². The van der Waals surface area contributed by atoms with Crippen molar-refractivity contribution in [1.82, 2.24) is 10.2 Å². The van der Waals surface area contributed by atoms with Crippen LogP contribution in [0, 0.1) is 18.8 Å². The number of carbonyl (C=O) groups excluding carboxylic acids is 1. The molecular weight excluding hydrogens is 288 g/mol. The van der Waals surface area contributed by atoms with Crippen LogP contribution in [-0.2, 0) is 0 Å². The maximum atomic E-state index is 12.1. The Bertz CT molecular complexity index is 541. The lowest BCUT2D eigenvalue weighted by Gasteiger charge is -2.34. The predicted molar refractivity (Wildman–Crippen MR) is 91.4 cm³/mol. The van der Waals surface area contributed by atoms with Crippen LogP contribution in [0.1, 0.15) is 48.2 Å². The molecule has 2 aliphatic rings. The molecule has 1 aromatic heterocycles. The second kappa shape index (κ2) is 7.82. The largest absolute Gasteiger partial charge is 0.459 e. The van der Waals surface area contributed by atoms with Gasteiger partial charge in [-0.3, -0.25) is 4.79 Å². The summed E-state index contributed by atoms with van der Waals surface area (Å²) in [4.78, 5) is 14.7. The monoisotopic (exact) mass is 316 g/mol. The van der Waals surface area contributed by atoms with Gasteiger partial charge in [0, 0.05) is 18.7 Å². The Kier molecular flexibility index (Phi) is 5.55. The molecule has 0 spiro atoms. The summed E-state index contributed by atoms with van der Waals surface area (Å²) in [6.45, 7) is 6.24. The molecule has 1 unspecified atom stereocenters. The van der Waals surface area contributed by atoms with Gasteiger partial charge in [0.05, 0.1) is 6.26 Å². The molecule has 1 aliphatic heterocycles.